The molecule has 88 valence electrons. The van der Waals surface area contributed by atoms with E-state index in [1.165, 1.54) is 6.42 Å². The number of nitrogens with one attached hydrogen (secondary N) is 1. The molecular weight excluding hydrogens is 226 g/mol. The Balaban J connectivity index is 2.02. The minimum Gasteiger partial charge on any atom is -0.458 e. The monoisotopic (exact) mass is 241 g/mol. The number of carbonyl (C=O) groups excluding carboxylic acids is 1. The largest absolute Gasteiger partial charge is 0.458 e. The maximum atomic E-state index is 11.8. The van der Waals surface area contributed by atoms with Gasteiger partial charge < -0.3 is 9.72 Å². The van der Waals surface area contributed by atoms with Gasteiger partial charge in [0.1, 0.15) is 11.0 Å². The highest BCUT2D eigenvalue weighted by molar-refractivity contribution is 7.11. The van der Waals surface area contributed by atoms with E-state index in [0.29, 0.717) is 10.6 Å². The van der Waals surface area contributed by atoms with Gasteiger partial charge in [-0.15, -0.1) is 0 Å². The molecule has 1 aromatic heterocycles. The summed E-state index contributed by atoms with van der Waals surface area (Å²) in [5.41, 5.74) is 0.607. The van der Waals surface area contributed by atoms with Crippen molar-refractivity contribution < 1.29 is 9.53 Å². The van der Waals surface area contributed by atoms with Crippen LogP contribution >= 0.6 is 11.3 Å². The lowest BCUT2D eigenvalue weighted by molar-refractivity contribution is 0.0216. The first kappa shape index (κ1) is 11.4. The Bertz CT molecular complexity index is 429. The zero-order chi connectivity index (χ0) is 11.5. The third-order valence-corrected chi connectivity index (χ3v) is 3.80. The number of aryl methyl sites for hydroxylation is 1. The number of carbonyl (C=O) groups is 1. The highest BCUT2D eigenvalue weighted by Crippen LogP contribution is 2.22. The molecule has 16 heavy (non-hydrogen) atoms. The van der Waals surface area contributed by atoms with Crippen LogP contribution in [0.3, 0.4) is 0 Å². The van der Waals surface area contributed by atoms with E-state index in [2.05, 4.69) is 4.98 Å². The fourth-order valence-electron chi connectivity index (χ4n) is 1.99. The predicted molar refractivity (Wildman–Crippen MR) is 62.0 cm³/mol. The second-order valence-corrected chi connectivity index (χ2v) is 5.12. The second kappa shape index (κ2) is 4.82. The summed E-state index contributed by atoms with van der Waals surface area (Å²) in [7, 11) is 0. The van der Waals surface area contributed by atoms with Crippen LogP contribution in [0.2, 0.25) is 0 Å². The second-order valence-electron chi connectivity index (χ2n) is 4.13. The highest BCUT2D eigenvalue weighted by atomic mass is 32.1. The number of H-pyrrole nitrogens is 1. The van der Waals surface area contributed by atoms with Gasteiger partial charge in [0.25, 0.3) is 0 Å². The number of hydrogen-bond acceptors (Lipinski definition) is 4. The smallest absolute Gasteiger partial charge is 0.350 e. The number of rotatable bonds is 2. The van der Waals surface area contributed by atoms with Crippen LogP contribution < -0.4 is 4.87 Å². The third kappa shape index (κ3) is 2.52. The SMILES string of the molecule is Cc1[nH]c(=O)sc1C(=O)OC1CCCCC1. The molecule has 1 aromatic rings. The summed E-state index contributed by atoms with van der Waals surface area (Å²) in [5.74, 6) is -0.354. The first-order chi connectivity index (χ1) is 7.66. The van der Waals surface area contributed by atoms with E-state index in [4.69, 9.17) is 4.74 Å². The molecule has 4 nitrogen and oxygen atoms in total. The molecule has 0 aromatic carbocycles. The van der Waals surface area contributed by atoms with Crippen molar-refractivity contribution in [3.05, 3.63) is 20.2 Å². The van der Waals surface area contributed by atoms with Crippen LogP contribution in [0.5, 0.6) is 0 Å². The molecule has 0 amide bonds. The maximum Gasteiger partial charge on any atom is 0.350 e. The van der Waals surface area contributed by atoms with Crippen molar-refractivity contribution in [1.82, 2.24) is 4.98 Å². The molecule has 1 heterocycles. The van der Waals surface area contributed by atoms with E-state index in [9.17, 15) is 9.59 Å². The van der Waals surface area contributed by atoms with Gasteiger partial charge >= 0.3 is 10.8 Å². The van der Waals surface area contributed by atoms with Gasteiger partial charge in [-0.3, -0.25) is 4.79 Å². The van der Waals surface area contributed by atoms with E-state index in [1.807, 2.05) is 0 Å². The molecule has 1 saturated carbocycles. The summed E-state index contributed by atoms with van der Waals surface area (Å²) in [4.78, 5) is 25.6. The molecule has 0 unspecified atom stereocenters. The number of aromatic amines is 1. The van der Waals surface area contributed by atoms with Crippen LogP contribution in [0.1, 0.15) is 47.5 Å². The Morgan fingerprint density at radius 3 is 2.62 bits per heavy atom. The van der Waals surface area contributed by atoms with Crippen LogP contribution in [-0.4, -0.2) is 17.1 Å². The average Bonchev–Trinajstić information content (AvgIpc) is 2.59. The van der Waals surface area contributed by atoms with Gasteiger partial charge in [-0.2, -0.15) is 0 Å². The summed E-state index contributed by atoms with van der Waals surface area (Å²) in [6, 6.07) is 0. The van der Waals surface area contributed by atoms with Gasteiger partial charge in [-0.25, -0.2) is 4.79 Å². The average molecular weight is 241 g/mol. The minimum atomic E-state index is -0.354. The van der Waals surface area contributed by atoms with Crippen molar-refractivity contribution in [2.75, 3.05) is 0 Å². The first-order valence-electron chi connectivity index (χ1n) is 5.57. The first-order valence-corrected chi connectivity index (χ1v) is 6.39. The Labute approximate surface area is 97.6 Å². The fourth-order valence-corrected chi connectivity index (χ4v) is 2.71. The molecule has 1 aliphatic rings. The summed E-state index contributed by atoms with van der Waals surface area (Å²) >= 11 is 0.925. The molecule has 0 spiro atoms. The Morgan fingerprint density at radius 1 is 1.38 bits per heavy atom. The van der Waals surface area contributed by atoms with Gasteiger partial charge in [0.2, 0.25) is 0 Å². The standard InChI is InChI=1S/C11H15NO3S/c1-7-9(16-11(14)12-7)10(13)15-8-5-3-2-4-6-8/h8H,2-6H2,1H3,(H,12,14). The summed E-state index contributed by atoms with van der Waals surface area (Å²) < 4.78 is 5.38. The van der Waals surface area contributed by atoms with Crippen molar-refractivity contribution in [3.8, 4) is 0 Å². The molecule has 0 radical (unpaired) electrons. The number of hydrogen-bond donors (Lipinski definition) is 1. The number of thiazole rings is 1. The normalized spacial score (nSPS) is 17.3. The number of esters is 1. The van der Waals surface area contributed by atoms with Crippen molar-refractivity contribution in [3.63, 3.8) is 0 Å². The van der Waals surface area contributed by atoms with Gasteiger partial charge in [-0.05, 0) is 32.6 Å². The maximum absolute atomic E-state index is 11.8. The fraction of sp³-hybridized carbons (Fsp3) is 0.636. The van der Waals surface area contributed by atoms with Crippen molar-refractivity contribution >= 4 is 17.3 Å². The Kier molecular flexibility index (Phi) is 3.43. The molecule has 2 rings (SSSR count). The molecule has 0 aliphatic heterocycles. The molecule has 5 heteroatoms. The molecule has 1 aliphatic carbocycles. The van der Waals surface area contributed by atoms with E-state index >= 15 is 0 Å². The lowest BCUT2D eigenvalue weighted by atomic mass is 9.98. The number of aromatic nitrogens is 1. The van der Waals surface area contributed by atoms with Gasteiger partial charge in [0, 0.05) is 5.69 Å². The zero-order valence-electron chi connectivity index (χ0n) is 9.25. The van der Waals surface area contributed by atoms with Crippen LogP contribution in [0, 0.1) is 6.92 Å². The third-order valence-electron chi connectivity index (χ3n) is 2.84. The molecule has 0 atom stereocenters. The van der Waals surface area contributed by atoms with Gasteiger partial charge in [0.05, 0.1) is 0 Å². The lowest BCUT2D eigenvalue weighted by Crippen LogP contribution is -2.20. The molecule has 1 N–H and O–H groups in total. The zero-order valence-corrected chi connectivity index (χ0v) is 10.1. The molecule has 1 fully saturated rings. The Morgan fingerprint density at radius 2 is 2.06 bits per heavy atom. The highest BCUT2D eigenvalue weighted by Gasteiger charge is 2.21. The van der Waals surface area contributed by atoms with Crippen LogP contribution in [0.25, 0.3) is 0 Å². The summed E-state index contributed by atoms with van der Waals surface area (Å²) in [6.07, 6.45) is 5.41. The predicted octanol–water partition coefficient (Wildman–Crippen LogP) is 2.23. The van der Waals surface area contributed by atoms with E-state index in [0.717, 1.165) is 37.0 Å². The Hall–Kier alpha value is -1.10. The van der Waals surface area contributed by atoms with Crippen LogP contribution in [0.15, 0.2) is 4.79 Å². The lowest BCUT2D eigenvalue weighted by Gasteiger charge is -2.21. The van der Waals surface area contributed by atoms with Crippen molar-refractivity contribution in [2.24, 2.45) is 0 Å². The quantitative estimate of drug-likeness (QED) is 0.808. The van der Waals surface area contributed by atoms with E-state index in [1.54, 1.807) is 6.92 Å². The molecule has 0 saturated heterocycles. The minimum absolute atomic E-state index is 0.0397. The topological polar surface area (TPSA) is 59.2 Å². The van der Waals surface area contributed by atoms with E-state index in [-0.39, 0.29) is 16.9 Å². The van der Waals surface area contributed by atoms with Crippen LogP contribution in [0.4, 0.5) is 0 Å². The number of ether oxygens (including phenoxy) is 1. The van der Waals surface area contributed by atoms with Crippen LogP contribution in [-0.2, 0) is 4.74 Å². The molecular formula is C11H15NO3S. The van der Waals surface area contributed by atoms with Gasteiger partial charge in [0.15, 0.2) is 0 Å². The molecule has 0 bridgehead atoms. The van der Waals surface area contributed by atoms with Gasteiger partial charge in [-0.1, -0.05) is 17.8 Å². The summed E-state index contributed by atoms with van der Waals surface area (Å²) in [6.45, 7) is 1.72. The van der Waals surface area contributed by atoms with E-state index < -0.39 is 0 Å². The van der Waals surface area contributed by atoms with Crippen molar-refractivity contribution in [2.45, 2.75) is 45.1 Å². The van der Waals surface area contributed by atoms with Crippen molar-refractivity contribution in [1.29, 1.82) is 0 Å². The summed E-state index contributed by atoms with van der Waals surface area (Å²) in [5, 5.41) is 0.